The van der Waals surface area contributed by atoms with Crippen molar-refractivity contribution >= 4 is 50.9 Å². The van der Waals surface area contributed by atoms with Crippen LogP contribution in [0, 0.1) is 5.82 Å². The molecule has 8 nitrogen and oxygen atoms in total. The summed E-state index contributed by atoms with van der Waals surface area (Å²) in [7, 11) is -0.250. The van der Waals surface area contributed by atoms with Gasteiger partial charge >= 0.3 is 10.2 Å². The number of amides is 2. The molecule has 1 atom stereocenters. The van der Waals surface area contributed by atoms with Gasteiger partial charge in [-0.3, -0.25) is 9.59 Å². The lowest BCUT2D eigenvalue weighted by atomic mass is 10.1. The van der Waals surface area contributed by atoms with E-state index in [2.05, 4.69) is 5.32 Å². The first kappa shape index (κ1) is 27.8. The van der Waals surface area contributed by atoms with E-state index in [1.165, 1.54) is 44.2 Å². The van der Waals surface area contributed by atoms with Gasteiger partial charge in [0, 0.05) is 27.7 Å². The van der Waals surface area contributed by atoms with Crippen LogP contribution in [-0.2, 0) is 26.3 Å². The zero-order valence-corrected chi connectivity index (χ0v) is 21.6. The van der Waals surface area contributed by atoms with E-state index in [-0.39, 0.29) is 23.7 Å². The third-order valence-electron chi connectivity index (χ3n) is 5.11. The predicted molar refractivity (Wildman–Crippen MR) is 132 cm³/mol. The van der Waals surface area contributed by atoms with E-state index in [1.54, 1.807) is 25.1 Å². The second-order valence-electron chi connectivity index (χ2n) is 7.56. The average Bonchev–Trinajstić information content (AvgIpc) is 2.79. The van der Waals surface area contributed by atoms with E-state index in [0.717, 1.165) is 10.4 Å². The number of anilines is 1. The average molecular weight is 533 g/mol. The van der Waals surface area contributed by atoms with Gasteiger partial charge in [0.2, 0.25) is 11.8 Å². The molecule has 2 aromatic carbocycles. The summed E-state index contributed by atoms with van der Waals surface area (Å²) in [6.07, 6.45) is 0.257. The first-order chi connectivity index (χ1) is 15.9. The quantitative estimate of drug-likeness (QED) is 0.508. The number of hydrogen-bond acceptors (Lipinski definition) is 4. The summed E-state index contributed by atoms with van der Waals surface area (Å²) in [4.78, 5) is 27.3. The fourth-order valence-electron chi connectivity index (χ4n) is 3.28. The molecule has 0 radical (unpaired) electrons. The van der Waals surface area contributed by atoms with Crippen LogP contribution in [0.15, 0.2) is 42.5 Å². The predicted octanol–water partition coefficient (Wildman–Crippen LogP) is 3.30. The second-order valence-corrected chi connectivity index (χ2v) is 10.4. The highest BCUT2D eigenvalue weighted by Gasteiger charge is 2.34. The normalized spacial score (nSPS) is 12.4. The van der Waals surface area contributed by atoms with Gasteiger partial charge in [0.1, 0.15) is 18.4 Å². The van der Waals surface area contributed by atoms with Crippen LogP contribution >= 0.6 is 23.2 Å². The highest BCUT2D eigenvalue weighted by molar-refractivity contribution is 7.90. The van der Waals surface area contributed by atoms with Crippen LogP contribution in [0.1, 0.15) is 18.9 Å². The number of carbonyl (C=O) groups excluding carboxylic acids is 2. The molecule has 0 aliphatic rings. The molecule has 2 rings (SSSR count). The van der Waals surface area contributed by atoms with Gasteiger partial charge < -0.3 is 10.2 Å². The lowest BCUT2D eigenvalue weighted by Gasteiger charge is -2.33. The van der Waals surface area contributed by atoms with Crippen LogP contribution < -0.4 is 9.62 Å². The third kappa shape index (κ3) is 6.38. The van der Waals surface area contributed by atoms with Gasteiger partial charge in [-0.1, -0.05) is 48.3 Å². The summed E-state index contributed by atoms with van der Waals surface area (Å²) < 4.78 is 42.2. The molecule has 2 amide bonds. The molecular weight excluding hydrogens is 506 g/mol. The first-order valence-corrected chi connectivity index (χ1v) is 12.5. The highest BCUT2D eigenvalue weighted by Crippen LogP contribution is 2.26. The highest BCUT2D eigenvalue weighted by atomic mass is 35.5. The van der Waals surface area contributed by atoms with E-state index in [4.69, 9.17) is 23.2 Å². The first-order valence-electron chi connectivity index (χ1n) is 10.3. The smallest absolute Gasteiger partial charge is 0.304 e. The van der Waals surface area contributed by atoms with Gasteiger partial charge in [0.25, 0.3) is 0 Å². The lowest BCUT2D eigenvalue weighted by Crippen LogP contribution is -2.53. The Hall–Kier alpha value is -2.40. The maximum absolute atomic E-state index is 14.6. The Morgan fingerprint density at radius 3 is 2.26 bits per heavy atom. The third-order valence-corrected chi connectivity index (χ3v) is 7.65. The van der Waals surface area contributed by atoms with Crippen LogP contribution in [0.25, 0.3) is 0 Å². The SMILES string of the molecule is CCC(C(=O)NC)N(Cc1ccc(Cl)c(Cl)c1)C(=O)CN(c1ccccc1F)S(=O)(=O)N(C)C. The van der Waals surface area contributed by atoms with Gasteiger partial charge in [-0.15, -0.1) is 0 Å². The van der Waals surface area contributed by atoms with Crippen molar-refractivity contribution in [3.8, 4) is 0 Å². The van der Waals surface area contributed by atoms with Crippen LogP contribution in [0.3, 0.4) is 0 Å². The number of nitrogens with zero attached hydrogens (tertiary/aromatic N) is 3. The number of rotatable bonds is 10. The van der Waals surface area contributed by atoms with Crippen molar-refractivity contribution in [2.45, 2.75) is 25.9 Å². The molecule has 0 aromatic heterocycles. The van der Waals surface area contributed by atoms with Gasteiger partial charge in [-0.2, -0.15) is 12.7 Å². The van der Waals surface area contributed by atoms with E-state index in [9.17, 15) is 22.4 Å². The Morgan fingerprint density at radius 1 is 1.09 bits per heavy atom. The molecule has 0 heterocycles. The zero-order valence-electron chi connectivity index (χ0n) is 19.3. The van der Waals surface area contributed by atoms with Crippen molar-refractivity contribution in [3.63, 3.8) is 0 Å². The van der Waals surface area contributed by atoms with Crippen molar-refractivity contribution in [2.24, 2.45) is 0 Å². The number of carbonyl (C=O) groups is 2. The Morgan fingerprint density at radius 2 is 1.74 bits per heavy atom. The van der Waals surface area contributed by atoms with E-state index in [1.807, 2.05) is 0 Å². The molecule has 1 unspecified atom stereocenters. The fourth-order valence-corrected chi connectivity index (χ4v) is 4.66. The maximum Gasteiger partial charge on any atom is 0.304 e. The number of halogens is 3. The molecule has 34 heavy (non-hydrogen) atoms. The summed E-state index contributed by atoms with van der Waals surface area (Å²) in [5, 5.41) is 3.11. The summed E-state index contributed by atoms with van der Waals surface area (Å²) in [6.45, 7) is 0.950. The minimum absolute atomic E-state index is 0.0469. The zero-order chi connectivity index (χ0) is 25.6. The van der Waals surface area contributed by atoms with Gasteiger partial charge in [0.05, 0.1) is 15.7 Å². The molecule has 2 aromatic rings. The molecule has 0 saturated carbocycles. The van der Waals surface area contributed by atoms with E-state index >= 15 is 0 Å². The Balaban J connectivity index is 2.53. The molecule has 1 N–H and O–H groups in total. The van der Waals surface area contributed by atoms with Crippen molar-refractivity contribution in [3.05, 3.63) is 63.9 Å². The van der Waals surface area contributed by atoms with Crippen molar-refractivity contribution in [1.82, 2.24) is 14.5 Å². The number of likely N-dealkylation sites (N-methyl/N-ethyl adjacent to an activating group) is 1. The minimum Gasteiger partial charge on any atom is -0.357 e. The summed E-state index contributed by atoms with van der Waals surface area (Å²) in [5.41, 5.74) is 0.296. The second kappa shape index (κ2) is 11.8. The molecule has 12 heteroatoms. The molecule has 0 spiro atoms. The number of hydrogen-bond donors (Lipinski definition) is 1. The van der Waals surface area contributed by atoms with Crippen molar-refractivity contribution in [2.75, 3.05) is 32.0 Å². The minimum atomic E-state index is -4.25. The Labute approximate surface area is 209 Å². The van der Waals surface area contributed by atoms with E-state index < -0.39 is 40.4 Å². The largest absolute Gasteiger partial charge is 0.357 e. The summed E-state index contributed by atoms with van der Waals surface area (Å²) in [5.74, 6) is -1.94. The van der Waals surface area contributed by atoms with Crippen LogP contribution in [0.4, 0.5) is 10.1 Å². The summed E-state index contributed by atoms with van der Waals surface area (Å²) in [6, 6.07) is 9.11. The Bertz CT molecular complexity index is 1150. The van der Waals surface area contributed by atoms with Crippen molar-refractivity contribution < 1.29 is 22.4 Å². The maximum atomic E-state index is 14.6. The van der Waals surface area contributed by atoms with Crippen molar-refractivity contribution in [1.29, 1.82) is 0 Å². The van der Waals surface area contributed by atoms with Crippen LogP contribution in [-0.4, -0.2) is 63.2 Å². The van der Waals surface area contributed by atoms with Crippen LogP contribution in [0.2, 0.25) is 10.0 Å². The number of benzene rings is 2. The molecule has 186 valence electrons. The van der Waals surface area contributed by atoms with Gasteiger partial charge in [-0.25, -0.2) is 8.70 Å². The van der Waals surface area contributed by atoms with Crippen LogP contribution in [0.5, 0.6) is 0 Å². The molecule has 0 saturated heterocycles. The molecule has 0 bridgehead atoms. The molecular formula is C22H27Cl2FN4O4S. The lowest BCUT2D eigenvalue weighted by molar-refractivity contribution is -0.140. The van der Waals surface area contributed by atoms with Gasteiger partial charge in [0.15, 0.2) is 0 Å². The summed E-state index contributed by atoms with van der Waals surface area (Å²) >= 11 is 12.1. The fraction of sp³-hybridized carbons (Fsp3) is 0.364. The molecule has 0 aliphatic heterocycles. The monoisotopic (exact) mass is 532 g/mol. The standard InChI is InChI=1S/C22H27Cl2FN4O4S/c1-5-19(22(31)26-2)28(13-15-10-11-16(23)17(24)12-15)21(30)14-29(34(32,33)27(3)4)20-9-7-6-8-18(20)25/h6-12,19H,5,13-14H2,1-4H3,(H,26,31). The number of nitrogens with one attached hydrogen (secondary N) is 1. The topological polar surface area (TPSA) is 90.0 Å². The van der Waals surface area contributed by atoms with E-state index in [0.29, 0.717) is 14.9 Å². The Kier molecular flexibility index (Phi) is 9.69. The molecule has 0 aliphatic carbocycles. The number of para-hydroxylation sites is 1. The molecule has 0 fully saturated rings. The van der Waals surface area contributed by atoms with Gasteiger partial charge in [-0.05, 0) is 36.2 Å².